The van der Waals surface area contributed by atoms with E-state index in [9.17, 15) is 4.79 Å². The summed E-state index contributed by atoms with van der Waals surface area (Å²) in [5.74, 6) is 0.874. The predicted octanol–water partition coefficient (Wildman–Crippen LogP) is 3.41. The minimum absolute atomic E-state index is 0.0236. The minimum atomic E-state index is 0.0236. The number of likely N-dealkylation sites (tertiary alicyclic amines) is 1. The lowest BCUT2D eigenvalue weighted by atomic mass is 10.1. The van der Waals surface area contributed by atoms with Crippen LogP contribution in [0.2, 0.25) is 0 Å². The molecule has 22 heavy (non-hydrogen) atoms. The van der Waals surface area contributed by atoms with Crippen LogP contribution in [0.1, 0.15) is 29.7 Å². The van der Waals surface area contributed by atoms with E-state index in [1.807, 2.05) is 19.1 Å². The van der Waals surface area contributed by atoms with Crippen LogP contribution in [0.25, 0.3) is 11.3 Å². The molecule has 1 aromatic carbocycles. The van der Waals surface area contributed by atoms with Gasteiger partial charge in [-0.3, -0.25) is 9.69 Å². The van der Waals surface area contributed by atoms with E-state index < -0.39 is 0 Å². The standard InChI is InChI=1S/C17H22N2O2S/c1-12-10-13(6-7-14(12)21-2)16-15(22-17(20)18-16)11-19-8-4-3-5-9-19/h6-7,10H,3-5,8-9,11H2,1-2H3,(H,18,20). The molecule has 0 unspecified atom stereocenters. The zero-order valence-electron chi connectivity index (χ0n) is 13.1. The summed E-state index contributed by atoms with van der Waals surface area (Å²) in [6, 6.07) is 6.06. The second-order valence-electron chi connectivity index (χ2n) is 5.83. The quantitative estimate of drug-likeness (QED) is 0.939. The number of nitrogens with one attached hydrogen (secondary N) is 1. The van der Waals surface area contributed by atoms with Crippen LogP contribution >= 0.6 is 11.3 Å². The third-order valence-electron chi connectivity index (χ3n) is 4.22. The van der Waals surface area contributed by atoms with Crippen molar-refractivity contribution in [1.82, 2.24) is 9.88 Å². The van der Waals surface area contributed by atoms with Gasteiger partial charge in [0, 0.05) is 11.4 Å². The zero-order chi connectivity index (χ0) is 15.5. The van der Waals surface area contributed by atoms with Crippen LogP contribution in [-0.2, 0) is 6.54 Å². The van der Waals surface area contributed by atoms with Crippen LogP contribution in [0, 0.1) is 6.92 Å². The number of nitrogens with zero attached hydrogens (tertiary/aromatic N) is 1. The fraction of sp³-hybridized carbons (Fsp3) is 0.471. The Kier molecular flexibility index (Phi) is 4.64. The predicted molar refractivity (Wildman–Crippen MR) is 90.8 cm³/mol. The number of ether oxygens (including phenoxy) is 1. The highest BCUT2D eigenvalue weighted by atomic mass is 32.1. The molecule has 4 nitrogen and oxygen atoms in total. The molecule has 0 radical (unpaired) electrons. The summed E-state index contributed by atoms with van der Waals surface area (Å²) >= 11 is 1.33. The van der Waals surface area contributed by atoms with Gasteiger partial charge in [-0.1, -0.05) is 17.8 Å². The molecule has 1 saturated heterocycles. The summed E-state index contributed by atoms with van der Waals surface area (Å²) in [6.07, 6.45) is 3.84. The molecule has 0 bridgehead atoms. The van der Waals surface area contributed by atoms with Gasteiger partial charge in [0.1, 0.15) is 5.75 Å². The van der Waals surface area contributed by atoms with E-state index in [2.05, 4.69) is 16.0 Å². The van der Waals surface area contributed by atoms with Crippen LogP contribution in [-0.4, -0.2) is 30.1 Å². The maximum Gasteiger partial charge on any atom is 0.305 e. The number of benzene rings is 1. The topological polar surface area (TPSA) is 45.3 Å². The molecule has 2 aromatic rings. The molecule has 1 aliphatic rings. The van der Waals surface area contributed by atoms with Crippen molar-refractivity contribution in [2.24, 2.45) is 0 Å². The summed E-state index contributed by atoms with van der Waals surface area (Å²) in [7, 11) is 1.68. The highest BCUT2D eigenvalue weighted by molar-refractivity contribution is 7.09. The number of hydrogen-bond acceptors (Lipinski definition) is 4. The van der Waals surface area contributed by atoms with Gasteiger partial charge in [0.05, 0.1) is 12.8 Å². The number of thiazole rings is 1. The van der Waals surface area contributed by atoms with E-state index >= 15 is 0 Å². The second-order valence-corrected chi connectivity index (χ2v) is 6.90. The molecule has 0 spiro atoms. The summed E-state index contributed by atoms with van der Waals surface area (Å²) in [5.41, 5.74) is 3.10. The number of aryl methyl sites for hydroxylation is 1. The Morgan fingerprint density at radius 2 is 2.05 bits per heavy atom. The lowest BCUT2D eigenvalue weighted by Gasteiger charge is -2.26. The summed E-state index contributed by atoms with van der Waals surface area (Å²) < 4.78 is 5.32. The molecule has 1 fully saturated rings. The minimum Gasteiger partial charge on any atom is -0.496 e. The van der Waals surface area contributed by atoms with Crippen molar-refractivity contribution in [3.63, 3.8) is 0 Å². The Morgan fingerprint density at radius 1 is 1.27 bits per heavy atom. The fourth-order valence-corrected chi connectivity index (χ4v) is 3.95. The van der Waals surface area contributed by atoms with E-state index in [4.69, 9.17) is 4.74 Å². The molecule has 5 heteroatoms. The maximum absolute atomic E-state index is 11.9. The van der Waals surface area contributed by atoms with E-state index in [0.717, 1.165) is 47.1 Å². The van der Waals surface area contributed by atoms with Crippen LogP contribution in [0.3, 0.4) is 0 Å². The maximum atomic E-state index is 11.9. The van der Waals surface area contributed by atoms with E-state index in [0.29, 0.717) is 0 Å². The number of aromatic amines is 1. The van der Waals surface area contributed by atoms with Crippen LogP contribution < -0.4 is 9.61 Å². The van der Waals surface area contributed by atoms with Crippen molar-refractivity contribution in [3.05, 3.63) is 38.3 Å². The van der Waals surface area contributed by atoms with Crippen LogP contribution in [0.4, 0.5) is 0 Å². The van der Waals surface area contributed by atoms with Gasteiger partial charge >= 0.3 is 4.87 Å². The largest absolute Gasteiger partial charge is 0.496 e. The number of methoxy groups -OCH3 is 1. The second kappa shape index (κ2) is 6.67. The summed E-state index contributed by atoms with van der Waals surface area (Å²) in [4.78, 5) is 18.5. The SMILES string of the molecule is COc1ccc(-c2[nH]c(=O)sc2CN2CCCCC2)cc1C. The monoisotopic (exact) mass is 318 g/mol. The smallest absolute Gasteiger partial charge is 0.305 e. The highest BCUT2D eigenvalue weighted by Gasteiger charge is 2.16. The first-order chi connectivity index (χ1) is 10.7. The van der Waals surface area contributed by atoms with Gasteiger partial charge in [0.15, 0.2) is 0 Å². The molecule has 2 heterocycles. The molecule has 1 aliphatic heterocycles. The molecule has 1 N–H and O–H groups in total. The molecule has 3 rings (SSSR count). The molecular formula is C17H22N2O2S. The Labute approximate surface area is 134 Å². The first kappa shape index (κ1) is 15.3. The van der Waals surface area contributed by atoms with Crippen molar-refractivity contribution < 1.29 is 4.74 Å². The molecule has 0 amide bonds. The van der Waals surface area contributed by atoms with Crippen molar-refractivity contribution in [1.29, 1.82) is 0 Å². The average Bonchev–Trinajstić information content (AvgIpc) is 2.89. The molecule has 0 atom stereocenters. The first-order valence-electron chi connectivity index (χ1n) is 7.77. The Balaban J connectivity index is 1.90. The lowest BCUT2D eigenvalue weighted by Crippen LogP contribution is -2.28. The Bertz CT molecular complexity index is 699. The van der Waals surface area contributed by atoms with Gasteiger partial charge in [0.2, 0.25) is 0 Å². The van der Waals surface area contributed by atoms with Crippen molar-refractivity contribution in [2.75, 3.05) is 20.2 Å². The average molecular weight is 318 g/mol. The summed E-state index contributed by atoms with van der Waals surface area (Å²) in [5, 5.41) is 0. The molecule has 0 saturated carbocycles. The normalized spacial score (nSPS) is 15.9. The zero-order valence-corrected chi connectivity index (χ0v) is 14.0. The third kappa shape index (κ3) is 3.25. The van der Waals surface area contributed by atoms with Crippen molar-refractivity contribution in [3.8, 4) is 17.0 Å². The molecule has 0 aliphatic carbocycles. The first-order valence-corrected chi connectivity index (χ1v) is 8.58. The van der Waals surface area contributed by atoms with Gasteiger partial charge < -0.3 is 9.72 Å². The third-order valence-corrected chi connectivity index (χ3v) is 5.09. The van der Waals surface area contributed by atoms with Crippen LogP contribution in [0.5, 0.6) is 5.75 Å². The lowest BCUT2D eigenvalue weighted by molar-refractivity contribution is 0.223. The molecular weight excluding hydrogens is 296 g/mol. The van der Waals surface area contributed by atoms with Gasteiger partial charge in [-0.25, -0.2) is 0 Å². The Morgan fingerprint density at radius 3 is 2.73 bits per heavy atom. The van der Waals surface area contributed by atoms with Gasteiger partial charge in [-0.15, -0.1) is 0 Å². The molecule has 118 valence electrons. The fourth-order valence-electron chi connectivity index (χ4n) is 3.06. The van der Waals surface area contributed by atoms with Gasteiger partial charge in [-0.2, -0.15) is 0 Å². The Hall–Kier alpha value is -1.59. The van der Waals surface area contributed by atoms with E-state index in [-0.39, 0.29) is 4.87 Å². The number of piperidine rings is 1. The van der Waals surface area contributed by atoms with E-state index in [1.54, 1.807) is 7.11 Å². The van der Waals surface area contributed by atoms with Crippen molar-refractivity contribution >= 4 is 11.3 Å². The number of H-pyrrole nitrogens is 1. The number of aromatic nitrogens is 1. The number of rotatable bonds is 4. The number of hydrogen-bond donors (Lipinski definition) is 1. The van der Waals surface area contributed by atoms with Crippen molar-refractivity contribution in [2.45, 2.75) is 32.7 Å². The highest BCUT2D eigenvalue weighted by Crippen LogP contribution is 2.29. The summed E-state index contributed by atoms with van der Waals surface area (Å²) in [6.45, 7) is 5.15. The van der Waals surface area contributed by atoms with Gasteiger partial charge in [0.25, 0.3) is 0 Å². The van der Waals surface area contributed by atoms with Crippen LogP contribution in [0.15, 0.2) is 23.0 Å². The molecule has 1 aromatic heterocycles. The van der Waals surface area contributed by atoms with E-state index in [1.165, 1.54) is 30.6 Å². The van der Waals surface area contributed by atoms with Gasteiger partial charge in [-0.05, 0) is 62.2 Å².